The second-order valence-electron chi connectivity index (χ2n) is 3.61. The number of rotatable bonds is 2. The first-order valence-electron chi connectivity index (χ1n) is 5.04. The molecule has 3 nitrogen and oxygen atoms in total. The van der Waals surface area contributed by atoms with Crippen molar-refractivity contribution in [2.24, 2.45) is 0 Å². The molecular weight excluding hydrogens is 201 g/mol. The maximum atomic E-state index is 11.7. The van der Waals surface area contributed by atoms with Crippen LogP contribution in [0.4, 0.5) is 0 Å². The Labute approximate surface area is 94.7 Å². The molecule has 4 heteroatoms. The molecule has 0 radical (unpaired) electrons. The van der Waals surface area contributed by atoms with Crippen molar-refractivity contribution in [1.82, 2.24) is 4.57 Å². The van der Waals surface area contributed by atoms with E-state index in [1.807, 2.05) is 44.4 Å². The highest BCUT2D eigenvalue weighted by Crippen LogP contribution is 2.12. The van der Waals surface area contributed by atoms with E-state index in [-0.39, 0.29) is 5.56 Å². The van der Waals surface area contributed by atoms with Crippen LogP contribution in [0, 0.1) is 0 Å². The molecule has 1 aromatic carbocycles. The fourth-order valence-electron chi connectivity index (χ4n) is 1.54. The fourth-order valence-corrected chi connectivity index (χ4v) is 1.54. The van der Waals surface area contributed by atoms with Gasteiger partial charge < -0.3 is 4.74 Å². The van der Waals surface area contributed by atoms with E-state index in [1.165, 1.54) is 0 Å². The molecule has 80 valence electrons. The van der Waals surface area contributed by atoms with Crippen molar-refractivity contribution >= 4 is 13.3 Å². The highest BCUT2D eigenvalue weighted by Gasteiger charge is 1.99. The van der Waals surface area contributed by atoms with Gasteiger partial charge in [-0.2, -0.15) is 0 Å². The lowest BCUT2D eigenvalue weighted by Crippen LogP contribution is -2.21. The van der Waals surface area contributed by atoms with Crippen molar-refractivity contribution in [3.63, 3.8) is 0 Å². The van der Waals surface area contributed by atoms with Crippen LogP contribution in [0.3, 0.4) is 0 Å². The Morgan fingerprint density at radius 2 is 1.81 bits per heavy atom. The highest BCUT2D eigenvalue weighted by atomic mass is 16.5. The van der Waals surface area contributed by atoms with E-state index in [0.717, 1.165) is 16.9 Å². The first kappa shape index (κ1) is 10.5. The molecule has 16 heavy (non-hydrogen) atoms. The first-order chi connectivity index (χ1) is 7.70. The molecule has 0 amide bonds. The molecule has 0 saturated carbocycles. The Morgan fingerprint density at radius 1 is 1.12 bits per heavy atom. The van der Waals surface area contributed by atoms with Crippen molar-refractivity contribution in [2.75, 3.05) is 7.11 Å². The Morgan fingerprint density at radius 3 is 2.44 bits per heavy atom. The molecule has 0 aliphatic heterocycles. The Hall–Kier alpha value is -1.97. The topological polar surface area (TPSA) is 31.2 Å². The number of benzene rings is 1. The van der Waals surface area contributed by atoms with Crippen molar-refractivity contribution < 1.29 is 4.74 Å². The predicted octanol–water partition coefficient (Wildman–Crippen LogP) is 0.105. The third kappa shape index (κ3) is 2.01. The first-order valence-corrected chi connectivity index (χ1v) is 5.04. The minimum absolute atomic E-state index is 0.0317. The summed E-state index contributed by atoms with van der Waals surface area (Å²) in [5.74, 6) is 0.782. The molecular formula is C12H12BNO2. The normalized spacial score (nSPS) is 10.1. The summed E-state index contributed by atoms with van der Waals surface area (Å²) < 4.78 is 6.69. The SMILES string of the molecule is Bc1ccc(=O)n(-c2ccc(OC)cc2)c1. The van der Waals surface area contributed by atoms with Gasteiger partial charge in [0.25, 0.3) is 5.56 Å². The summed E-state index contributed by atoms with van der Waals surface area (Å²) in [6.07, 6.45) is 1.82. The number of methoxy groups -OCH3 is 1. The van der Waals surface area contributed by atoms with E-state index < -0.39 is 0 Å². The number of pyridine rings is 1. The van der Waals surface area contributed by atoms with Crippen molar-refractivity contribution in [1.29, 1.82) is 0 Å². The third-order valence-corrected chi connectivity index (χ3v) is 2.41. The maximum Gasteiger partial charge on any atom is 0.255 e. The minimum atomic E-state index is -0.0317. The summed E-state index contributed by atoms with van der Waals surface area (Å²) in [6.45, 7) is 0. The van der Waals surface area contributed by atoms with E-state index in [4.69, 9.17) is 4.74 Å². The average molecular weight is 213 g/mol. The van der Waals surface area contributed by atoms with Crippen LogP contribution in [0.15, 0.2) is 47.4 Å². The van der Waals surface area contributed by atoms with E-state index >= 15 is 0 Å². The maximum absolute atomic E-state index is 11.7. The van der Waals surface area contributed by atoms with Gasteiger partial charge in [0.1, 0.15) is 13.6 Å². The highest BCUT2D eigenvalue weighted by molar-refractivity contribution is 6.32. The molecule has 2 rings (SSSR count). The molecule has 1 aromatic heterocycles. The number of hydrogen-bond donors (Lipinski definition) is 0. The van der Waals surface area contributed by atoms with Crippen LogP contribution in [0.25, 0.3) is 5.69 Å². The lowest BCUT2D eigenvalue weighted by Gasteiger charge is -2.07. The average Bonchev–Trinajstić information content (AvgIpc) is 2.32. The zero-order valence-corrected chi connectivity index (χ0v) is 9.31. The molecule has 1 heterocycles. The lowest BCUT2D eigenvalue weighted by atomic mass is 9.99. The summed E-state index contributed by atoms with van der Waals surface area (Å²) in [5.41, 5.74) is 1.86. The summed E-state index contributed by atoms with van der Waals surface area (Å²) in [5, 5.41) is 0. The molecule has 0 spiro atoms. The molecule has 0 atom stereocenters. The van der Waals surface area contributed by atoms with Gasteiger partial charge in [0.2, 0.25) is 0 Å². The fraction of sp³-hybridized carbons (Fsp3) is 0.0833. The molecule has 0 unspecified atom stereocenters. The Kier molecular flexibility index (Phi) is 2.81. The molecule has 0 aliphatic rings. The standard InChI is InChI=1S/C12H12BNO2/c1-16-11-5-3-10(4-6-11)14-8-9(13)2-7-12(14)15/h2-8H,13H2,1H3. The van der Waals surface area contributed by atoms with E-state index in [9.17, 15) is 4.79 Å². The number of nitrogens with zero attached hydrogens (tertiary/aromatic N) is 1. The molecule has 0 N–H and O–H groups in total. The van der Waals surface area contributed by atoms with E-state index in [1.54, 1.807) is 17.7 Å². The van der Waals surface area contributed by atoms with Crippen molar-refractivity contribution in [2.45, 2.75) is 0 Å². The van der Waals surface area contributed by atoms with Gasteiger partial charge in [0.05, 0.1) is 7.11 Å². The smallest absolute Gasteiger partial charge is 0.255 e. The zero-order chi connectivity index (χ0) is 11.5. The third-order valence-electron chi connectivity index (χ3n) is 2.41. The van der Waals surface area contributed by atoms with E-state index in [0.29, 0.717) is 0 Å². The van der Waals surface area contributed by atoms with Crippen LogP contribution in [0.5, 0.6) is 5.75 Å². The quantitative estimate of drug-likeness (QED) is 0.662. The molecule has 0 aliphatic carbocycles. The second-order valence-corrected chi connectivity index (χ2v) is 3.61. The van der Waals surface area contributed by atoms with Gasteiger partial charge in [-0.15, -0.1) is 0 Å². The zero-order valence-electron chi connectivity index (χ0n) is 9.31. The number of hydrogen-bond acceptors (Lipinski definition) is 2. The van der Waals surface area contributed by atoms with Gasteiger partial charge in [-0.25, -0.2) is 0 Å². The number of aromatic nitrogens is 1. The summed E-state index contributed by atoms with van der Waals surface area (Å²) in [4.78, 5) is 11.7. The van der Waals surface area contributed by atoms with Gasteiger partial charge in [-0.05, 0) is 24.3 Å². The van der Waals surface area contributed by atoms with Crippen molar-refractivity contribution in [3.05, 3.63) is 52.9 Å². The van der Waals surface area contributed by atoms with Gasteiger partial charge in [0, 0.05) is 18.0 Å². The van der Waals surface area contributed by atoms with Crippen molar-refractivity contribution in [3.8, 4) is 11.4 Å². The van der Waals surface area contributed by atoms with Crippen LogP contribution < -0.4 is 15.8 Å². The lowest BCUT2D eigenvalue weighted by molar-refractivity contribution is 0.414. The monoisotopic (exact) mass is 213 g/mol. The van der Waals surface area contributed by atoms with Crippen LogP contribution >= 0.6 is 0 Å². The van der Waals surface area contributed by atoms with Crippen LogP contribution in [-0.2, 0) is 0 Å². The van der Waals surface area contributed by atoms with Crippen LogP contribution in [0.1, 0.15) is 0 Å². The summed E-state index contributed by atoms with van der Waals surface area (Å²) in [7, 11) is 3.58. The predicted molar refractivity (Wildman–Crippen MR) is 66.8 cm³/mol. The summed E-state index contributed by atoms with van der Waals surface area (Å²) in [6, 6.07) is 10.8. The summed E-state index contributed by atoms with van der Waals surface area (Å²) >= 11 is 0. The van der Waals surface area contributed by atoms with Gasteiger partial charge in [0.15, 0.2) is 0 Å². The number of ether oxygens (including phenoxy) is 1. The minimum Gasteiger partial charge on any atom is -0.497 e. The van der Waals surface area contributed by atoms with Gasteiger partial charge >= 0.3 is 0 Å². The molecule has 0 bridgehead atoms. The molecule has 0 fully saturated rings. The van der Waals surface area contributed by atoms with Crippen LogP contribution in [-0.4, -0.2) is 19.5 Å². The Balaban J connectivity index is 2.50. The largest absolute Gasteiger partial charge is 0.497 e. The molecule has 2 aromatic rings. The Bertz CT molecular complexity index is 546. The van der Waals surface area contributed by atoms with Gasteiger partial charge in [-0.3, -0.25) is 9.36 Å². The van der Waals surface area contributed by atoms with E-state index in [2.05, 4.69) is 0 Å². The molecule has 0 saturated heterocycles. The van der Waals surface area contributed by atoms with Crippen LogP contribution in [0.2, 0.25) is 0 Å². The van der Waals surface area contributed by atoms with Gasteiger partial charge in [-0.1, -0.05) is 11.5 Å². The second kappa shape index (κ2) is 4.27.